The minimum atomic E-state index is -0.882. The molecule has 2 amide bonds. The number of carbonyl (C=O) groups is 2. The van der Waals surface area contributed by atoms with Crippen LogP contribution in [0.3, 0.4) is 0 Å². The normalized spacial score (nSPS) is 10.7. The molecule has 32 heavy (non-hydrogen) atoms. The third kappa shape index (κ3) is 6.57. The number of anilines is 1. The van der Waals surface area contributed by atoms with Crippen LogP contribution in [0.2, 0.25) is 10.0 Å². The van der Waals surface area contributed by atoms with Crippen molar-refractivity contribution in [3.05, 3.63) is 93.5 Å². The summed E-state index contributed by atoms with van der Waals surface area (Å²) in [5.41, 5.74) is 5.28. The summed E-state index contributed by atoms with van der Waals surface area (Å²) >= 11 is 12.1. The van der Waals surface area contributed by atoms with Gasteiger partial charge in [0.15, 0.2) is 0 Å². The standard InChI is InChI=1S/C24H21Cl2N3O3/c1-2-16-7-11-20(12-8-16)28-23(30)24(31)29-27-14-17-5-3-4-6-22(17)32-15-18-9-10-19(25)13-21(18)26/h3-14H,2,15H2,1H3,(H,28,30)(H,29,31)/b27-14-. The van der Waals surface area contributed by atoms with Crippen molar-refractivity contribution in [1.29, 1.82) is 0 Å². The second-order valence-corrected chi connectivity index (χ2v) is 7.61. The van der Waals surface area contributed by atoms with Gasteiger partial charge >= 0.3 is 11.8 Å². The van der Waals surface area contributed by atoms with Crippen LogP contribution in [0.5, 0.6) is 5.75 Å². The summed E-state index contributed by atoms with van der Waals surface area (Å²) in [5.74, 6) is -1.16. The van der Waals surface area contributed by atoms with Crippen molar-refractivity contribution in [2.75, 3.05) is 5.32 Å². The summed E-state index contributed by atoms with van der Waals surface area (Å²) in [6.07, 6.45) is 2.29. The molecule has 0 aromatic heterocycles. The topological polar surface area (TPSA) is 79.8 Å². The fourth-order valence-corrected chi connectivity index (χ4v) is 3.20. The van der Waals surface area contributed by atoms with Crippen LogP contribution in [0.4, 0.5) is 5.69 Å². The summed E-state index contributed by atoms with van der Waals surface area (Å²) in [4.78, 5) is 24.1. The number of hydrogen-bond donors (Lipinski definition) is 2. The Morgan fingerprint density at radius 1 is 1.00 bits per heavy atom. The van der Waals surface area contributed by atoms with E-state index in [-0.39, 0.29) is 6.61 Å². The molecule has 6 nitrogen and oxygen atoms in total. The molecule has 3 aromatic rings. The lowest BCUT2D eigenvalue weighted by atomic mass is 10.1. The van der Waals surface area contributed by atoms with Gasteiger partial charge in [-0.2, -0.15) is 5.10 Å². The first-order valence-electron chi connectivity index (χ1n) is 9.85. The molecule has 0 radical (unpaired) electrons. The number of hydrazone groups is 1. The second-order valence-electron chi connectivity index (χ2n) is 6.77. The molecule has 0 bridgehead atoms. The number of aryl methyl sites for hydroxylation is 1. The zero-order valence-corrected chi connectivity index (χ0v) is 18.8. The number of halogens is 2. The Balaban J connectivity index is 1.57. The van der Waals surface area contributed by atoms with Gasteiger partial charge in [-0.05, 0) is 48.4 Å². The lowest BCUT2D eigenvalue weighted by Crippen LogP contribution is -2.32. The van der Waals surface area contributed by atoms with Gasteiger partial charge in [0.2, 0.25) is 0 Å². The maximum atomic E-state index is 12.0. The number of nitrogens with zero attached hydrogens (tertiary/aromatic N) is 1. The van der Waals surface area contributed by atoms with E-state index in [9.17, 15) is 9.59 Å². The first kappa shape index (κ1) is 23.3. The number of nitrogens with one attached hydrogen (secondary N) is 2. The van der Waals surface area contributed by atoms with Crippen LogP contribution in [0.1, 0.15) is 23.6 Å². The van der Waals surface area contributed by atoms with Gasteiger partial charge in [-0.3, -0.25) is 9.59 Å². The summed E-state index contributed by atoms with van der Waals surface area (Å²) in [6.45, 7) is 2.27. The maximum absolute atomic E-state index is 12.0. The van der Waals surface area contributed by atoms with Gasteiger partial charge < -0.3 is 10.1 Å². The Labute approximate surface area is 196 Å². The van der Waals surface area contributed by atoms with Gasteiger partial charge in [-0.1, -0.05) is 60.5 Å². The third-order valence-corrected chi connectivity index (χ3v) is 5.10. The van der Waals surface area contributed by atoms with Crippen molar-refractivity contribution >= 4 is 46.9 Å². The number of benzene rings is 3. The van der Waals surface area contributed by atoms with E-state index in [1.54, 1.807) is 48.5 Å². The molecule has 0 spiro atoms. The highest BCUT2D eigenvalue weighted by atomic mass is 35.5. The number of rotatable bonds is 7. The van der Waals surface area contributed by atoms with Crippen molar-refractivity contribution in [2.45, 2.75) is 20.0 Å². The van der Waals surface area contributed by atoms with Gasteiger partial charge in [0.25, 0.3) is 0 Å². The number of hydrogen-bond acceptors (Lipinski definition) is 4. The van der Waals surface area contributed by atoms with E-state index in [4.69, 9.17) is 27.9 Å². The van der Waals surface area contributed by atoms with Gasteiger partial charge in [0, 0.05) is 26.9 Å². The summed E-state index contributed by atoms with van der Waals surface area (Å²) in [7, 11) is 0. The van der Waals surface area contributed by atoms with E-state index in [0.717, 1.165) is 17.5 Å². The van der Waals surface area contributed by atoms with Gasteiger partial charge in [-0.25, -0.2) is 5.43 Å². The third-order valence-electron chi connectivity index (χ3n) is 4.51. The van der Waals surface area contributed by atoms with Crippen molar-refractivity contribution in [2.24, 2.45) is 5.10 Å². The van der Waals surface area contributed by atoms with Crippen LogP contribution >= 0.6 is 23.2 Å². The van der Waals surface area contributed by atoms with E-state index in [1.807, 2.05) is 25.1 Å². The Kier molecular flexibility index (Phi) is 8.25. The smallest absolute Gasteiger partial charge is 0.329 e. The molecule has 0 aliphatic carbocycles. The highest BCUT2D eigenvalue weighted by molar-refractivity contribution is 6.39. The summed E-state index contributed by atoms with van der Waals surface area (Å²) < 4.78 is 5.84. The molecule has 0 aliphatic rings. The van der Waals surface area contributed by atoms with Crippen molar-refractivity contribution < 1.29 is 14.3 Å². The molecule has 0 unspecified atom stereocenters. The molecule has 8 heteroatoms. The predicted octanol–water partition coefficient (Wildman–Crippen LogP) is 5.22. The van der Waals surface area contributed by atoms with Crippen LogP contribution < -0.4 is 15.5 Å². The molecule has 2 N–H and O–H groups in total. The molecular weight excluding hydrogens is 449 g/mol. The Morgan fingerprint density at radius 2 is 1.75 bits per heavy atom. The second kappa shape index (κ2) is 11.3. The lowest BCUT2D eigenvalue weighted by molar-refractivity contribution is -0.136. The molecule has 3 aromatic carbocycles. The average Bonchev–Trinajstić information content (AvgIpc) is 2.79. The molecule has 3 rings (SSSR count). The largest absolute Gasteiger partial charge is 0.488 e. The zero-order valence-electron chi connectivity index (χ0n) is 17.3. The molecule has 0 saturated carbocycles. The van der Waals surface area contributed by atoms with Gasteiger partial charge in [0.05, 0.1) is 6.21 Å². The fraction of sp³-hybridized carbons (Fsp3) is 0.125. The van der Waals surface area contributed by atoms with E-state index in [0.29, 0.717) is 27.0 Å². The lowest BCUT2D eigenvalue weighted by Gasteiger charge is -2.10. The summed E-state index contributed by atoms with van der Waals surface area (Å²) in [6, 6.07) is 19.6. The van der Waals surface area contributed by atoms with Crippen LogP contribution in [0.15, 0.2) is 71.8 Å². The molecule has 0 atom stereocenters. The molecule has 0 aliphatic heterocycles. The number of carbonyl (C=O) groups excluding carboxylic acids is 2. The van der Waals surface area contributed by atoms with Crippen LogP contribution in [0, 0.1) is 0 Å². The van der Waals surface area contributed by atoms with Gasteiger partial charge in [0.1, 0.15) is 12.4 Å². The van der Waals surface area contributed by atoms with Crippen molar-refractivity contribution in [3.8, 4) is 5.75 Å². The Morgan fingerprint density at radius 3 is 2.47 bits per heavy atom. The molecule has 0 saturated heterocycles. The first-order valence-corrected chi connectivity index (χ1v) is 10.6. The quantitative estimate of drug-likeness (QED) is 0.282. The van der Waals surface area contributed by atoms with Crippen molar-refractivity contribution in [1.82, 2.24) is 5.43 Å². The maximum Gasteiger partial charge on any atom is 0.329 e. The molecule has 0 heterocycles. The van der Waals surface area contributed by atoms with Crippen molar-refractivity contribution in [3.63, 3.8) is 0 Å². The average molecular weight is 470 g/mol. The van der Waals surface area contributed by atoms with E-state index in [2.05, 4.69) is 15.8 Å². The molecule has 0 fully saturated rings. The Hall–Kier alpha value is -3.35. The Bertz CT molecular complexity index is 1130. The molecular formula is C24H21Cl2N3O3. The van der Waals surface area contributed by atoms with E-state index >= 15 is 0 Å². The minimum absolute atomic E-state index is 0.229. The number of ether oxygens (including phenoxy) is 1. The monoisotopic (exact) mass is 469 g/mol. The SMILES string of the molecule is CCc1ccc(NC(=O)C(=O)N/N=C\c2ccccc2OCc2ccc(Cl)cc2Cl)cc1. The van der Waals surface area contributed by atoms with Crippen LogP contribution in [0.25, 0.3) is 0 Å². The number of para-hydroxylation sites is 1. The highest BCUT2D eigenvalue weighted by Crippen LogP contribution is 2.24. The zero-order chi connectivity index (χ0) is 22.9. The highest BCUT2D eigenvalue weighted by Gasteiger charge is 2.13. The van der Waals surface area contributed by atoms with E-state index < -0.39 is 11.8 Å². The molecule has 164 valence electrons. The predicted molar refractivity (Wildman–Crippen MR) is 127 cm³/mol. The fourth-order valence-electron chi connectivity index (χ4n) is 2.74. The van der Waals surface area contributed by atoms with Gasteiger partial charge in [-0.15, -0.1) is 0 Å². The number of amides is 2. The van der Waals surface area contributed by atoms with Crippen LogP contribution in [-0.4, -0.2) is 18.0 Å². The first-order chi connectivity index (χ1) is 15.5. The minimum Gasteiger partial charge on any atom is -0.488 e. The summed E-state index contributed by atoms with van der Waals surface area (Å²) in [5, 5.41) is 7.45. The van der Waals surface area contributed by atoms with Crippen LogP contribution in [-0.2, 0) is 22.6 Å². The van der Waals surface area contributed by atoms with E-state index in [1.165, 1.54) is 6.21 Å².